The van der Waals surface area contributed by atoms with Crippen molar-refractivity contribution in [1.82, 2.24) is 24.6 Å². The fraction of sp³-hybridized carbons (Fsp3) is 0.276. The lowest BCUT2D eigenvalue weighted by Crippen LogP contribution is -2.46. The molecule has 3 aromatic carbocycles. The lowest BCUT2D eigenvalue weighted by molar-refractivity contribution is 0.130. The second-order valence-corrected chi connectivity index (χ2v) is 11.5. The zero-order chi connectivity index (χ0) is 25.9. The number of piperazine rings is 1. The van der Waals surface area contributed by atoms with Crippen molar-refractivity contribution in [1.29, 1.82) is 0 Å². The van der Waals surface area contributed by atoms with E-state index >= 15 is 0 Å². The Hall–Kier alpha value is -2.68. The Bertz CT molecular complexity index is 1450. The van der Waals surface area contributed by atoms with Gasteiger partial charge >= 0.3 is 0 Å². The highest BCUT2D eigenvalue weighted by molar-refractivity contribution is 7.99. The van der Waals surface area contributed by atoms with Crippen LogP contribution in [0.4, 0.5) is 0 Å². The molecule has 1 aromatic heterocycles. The summed E-state index contributed by atoms with van der Waals surface area (Å²) in [7, 11) is 0. The van der Waals surface area contributed by atoms with Crippen LogP contribution >= 0.6 is 35.0 Å². The molecule has 1 fully saturated rings. The van der Waals surface area contributed by atoms with E-state index < -0.39 is 0 Å². The molecule has 2 aliphatic heterocycles. The molecule has 0 bridgehead atoms. The van der Waals surface area contributed by atoms with Crippen LogP contribution in [0.3, 0.4) is 0 Å². The van der Waals surface area contributed by atoms with Crippen molar-refractivity contribution in [3.8, 4) is 5.69 Å². The predicted octanol–water partition coefficient (Wildman–Crippen LogP) is 5.84. The number of hydrogen-bond donors (Lipinski definition) is 0. The van der Waals surface area contributed by atoms with Crippen LogP contribution in [0, 0.1) is 0 Å². The first-order chi connectivity index (χ1) is 18.7. The van der Waals surface area contributed by atoms with Crippen LogP contribution in [0.2, 0.25) is 10.0 Å². The molecule has 0 aliphatic carbocycles. The second-order valence-electron chi connectivity index (χ2n) is 9.45. The molecule has 6 rings (SSSR count). The van der Waals surface area contributed by atoms with Crippen LogP contribution in [-0.4, -0.2) is 68.8 Å². The average molecular weight is 564 g/mol. The summed E-state index contributed by atoms with van der Waals surface area (Å²) in [5, 5.41) is 10.5. The molecule has 1 saturated heterocycles. The number of thioether (sulfide) groups is 1. The van der Waals surface area contributed by atoms with Gasteiger partial charge in [-0.3, -0.25) is 19.4 Å². The molecular weight excluding hydrogens is 535 g/mol. The van der Waals surface area contributed by atoms with Crippen molar-refractivity contribution in [3.63, 3.8) is 0 Å². The third-order valence-electron chi connectivity index (χ3n) is 7.01. The molecule has 0 N–H and O–H groups in total. The normalized spacial score (nSPS) is 16.0. The predicted molar refractivity (Wildman–Crippen MR) is 156 cm³/mol. The van der Waals surface area contributed by atoms with E-state index in [1.807, 2.05) is 54.2 Å². The lowest BCUT2D eigenvalue weighted by Gasteiger charge is -2.34. The topological polar surface area (TPSA) is 49.6 Å². The molecule has 9 heteroatoms. The Morgan fingerprint density at radius 1 is 0.789 bits per heavy atom. The van der Waals surface area contributed by atoms with Gasteiger partial charge in [0.2, 0.25) is 0 Å². The van der Waals surface area contributed by atoms with E-state index in [1.54, 1.807) is 0 Å². The Morgan fingerprint density at radius 3 is 2.37 bits per heavy atom. The van der Waals surface area contributed by atoms with Gasteiger partial charge in [-0.15, -0.1) is 22.0 Å². The van der Waals surface area contributed by atoms with Crippen LogP contribution < -0.4 is 0 Å². The van der Waals surface area contributed by atoms with E-state index in [0.29, 0.717) is 16.6 Å². The molecular formula is C29H28Cl2N6S. The Morgan fingerprint density at radius 2 is 1.55 bits per heavy atom. The van der Waals surface area contributed by atoms with Gasteiger partial charge in [-0.25, -0.2) is 0 Å². The molecule has 0 radical (unpaired) electrons. The Kier molecular flexibility index (Phi) is 7.81. The van der Waals surface area contributed by atoms with Crippen molar-refractivity contribution in [2.45, 2.75) is 18.0 Å². The summed E-state index contributed by atoms with van der Waals surface area (Å²) < 4.78 is 2.15. The van der Waals surface area contributed by atoms with E-state index in [0.717, 1.165) is 79.2 Å². The van der Waals surface area contributed by atoms with Gasteiger partial charge in [-0.05, 0) is 36.4 Å². The van der Waals surface area contributed by atoms with Crippen molar-refractivity contribution in [2.75, 3.05) is 38.5 Å². The number of hydrogen-bond acceptors (Lipinski definition) is 6. The molecule has 6 nitrogen and oxygen atoms in total. The monoisotopic (exact) mass is 562 g/mol. The summed E-state index contributed by atoms with van der Waals surface area (Å²) in [6.45, 7) is 6.39. The first-order valence-corrected chi connectivity index (χ1v) is 14.6. The lowest BCUT2D eigenvalue weighted by atomic mass is 10.0. The van der Waals surface area contributed by atoms with Crippen LogP contribution in [-0.2, 0) is 13.1 Å². The van der Waals surface area contributed by atoms with E-state index in [1.165, 1.54) is 4.90 Å². The Balaban J connectivity index is 1.16. The maximum Gasteiger partial charge on any atom is 0.159 e. The highest BCUT2D eigenvalue weighted by Gasteiger charge is 2.26. The van der Waals surface area contributed by atoms with Gasteiger partial charge in [-0.2, -0.15) is 0 Å². The molecule has 4 aromatic rings. The molecule has 38 heavy (non-hydrogen) atoms. The summed E-state index contributed by atoms with van der Waals surface area (Å²) >= 11 is 15.0. The summed E-state index contributed by atoms with van der Waals surface area (Å²) in [5.74, 6) is 2.85. The van der Waals surface area contributed by atoms with Gasteiger partial charge in [0, 0.05) is 64.5 Å². The van der Waals surface area contributed by atoms with Crippen LogP contribution in [0.1, 0.15) is 22.8 Å². The first kappa shape index (κ1) is 25.6. The minimum absolute atomic E-state index is 0.423. The molecule has 0 atom stereocenters. The molecule has 3 heterocycles. The first-order valence-electron chi connectivity index (χ1n) is 12.8. The fourth-order valence-corrected chi connectivity index (χ4v) is 6.36. The van der Waals surface area contributed by atoms with Gasteiger partial charge < -0.3 is 0 Å². The molecule has 0 unspecified atom stereocenters. The highest BCUT2D eigenvalue weighted by atomic mass is 35.5. The zero-order valence-electron chi connectivity index (χ0n) is 20.9. The minimum atomic E-state index is 0.423. The van der Waals surface area contributed by atoms with Crippen LogP contribution in [0.15, 0.2) is 82.7 Å². The number of halogens is 2. The van der Waals surface area contributed by atoms with Crippen molar-refractivity contribution in [3.05, 3.63) is 106 Å². The summed E-state index contributed by atoms with van der Waals surface area (Å²) in [6, 6.07) is 24.3. The summed E-state index contributed by atoms with van der Waals surface area (Å²) in [5.41, 5.74) is 3.63. The van der Waals surface area contributed by atoms with Gasteiger partial charge in [0.1, 0.15) is 6.54 Å². The number of nitrogens with zero attached hydrogens (tertiary/aromatic N) is 6. The van der Waals surface area contributed by atoms with Crippen molar-refractivity contribution < 1.29 is 0 Å². The van der Waals surface area contributed by atoms with E-state index in [4.69, 9.17) is 28.2 Å². The third-order valence-corrected chi connectivity index (χ3v) is 8.57. The van der Waals surface area contributed by atoms with Crippen LogP contribution in [0.5, 0.6) is 0 Å². The molecule has 0 spiro atoms. The van der Waals surface area contributed by atoms with Crippen LogP contribution in [0.25, 0.3) is 5.69 Å². The fourth-order valence-electron chi connectivity index (χ4n) is 5.03. The average Bonchev–Trinajstić information content (AvgIpc) is 3.25. The molecule has 194 valence electrons. The quantitative estimate of drug-likeness (QED) is 0.265. The summed E-state index contributed by atoms with van der Waals surface area (Å²) in [6.07, 6.45) is 0. The highest BCUT2D eigenvalue weighted by Crippen LogP contribution is 2.30. The van der Waals surface area contributed by atoms with Gasteiger partial charge in [0.25, 0.3) is 0 Å². The molecule has 0 amide bonds. The Labute approximate surface area is 237 Å². The number of aliphatic imine (C=N–C) groups is 1. The summed E-state index contributed by atoms with van der Waals surface area (Å²) in [4.78, 5) is 11.3. The second kappa shape index (κ2) is 11.6. The smallest absolute Gasteiger partial charge is 0.159 e. The number of aromatic nitrogens is 3. The van der Waals surface area contributed by atoms with Crippen molar-refractivity contribution >= 4 is 40.7 Å². The zero-order valence-corrected chi connectivity index (χ0v) is 23.3. The number of fused-ring (bicyclic) bond motifs is 3. The van der Waals surface area contributed by atoms with E-state index in [9.17, 15) is 0 Å². The maximum atomic E-state index is 6.58. The number of benzene rings is 3. The largest absolute Gasteiger partial charge is 0.300 e. The van der Waals surface area contributed by atoms with Gasteiger partial charge in [-0.1, -0.05) is 59.6 Å². The van der Waals surface area contributed by atoms with Gasteiger partial charge in [0.05, 0.1) is 17.9 Å². The van der Waals surface area contributed by atoms with E-state index in [2.05, 4.69) is 54.9 Å². The maximum absolute atomic E-state index is 6.58. The van der Waals surface area contributed by atoms with E-state index in [-0.39, 0.29) is 0 Å². The molecule has 0 saturated carbocycles. The standard InChI is InChI=1S/C29H28Cl2N6S/c30-21-10-11-26-24(18-21)29(23-8-4-5-9-25(23)31)32-19-27-33-34-28(37(26)27)20-36-14-12-35(13-15-36)16-17-38-22-6-2-1-3-7-22/h1-11,18H,12-17,19-20H2. The van der Waals surface area contributed by atoms with Gasteiger partial charge in [0.15, 0.2) is 11.6 Å². The third kappa shape index (κ3) is 5.53. The van der Waals surface area contributed by atoms with Crippen molar-refractivity contribution in [2.24, 2.45) is 4.99 Å². The number of rotatable bonds is 7. The molecule has 2 aliphatic rings. The minimum Gasteiger partial charge on any atom is -0.300 e. The SMILES string of the molecule is Clc1ccc2c(c1)C(c1ccccc1Cl)=NCc1nnc(CN3CCN(CCSc4ccccc4)CC3)n1-2.